The largest absolute Gasteiger partial charge is 0.480 e. The van der Waals surface area contributed by atoms with E-state index >= 15 is 0 Å². The molecule has 1 saturated heterocycles. The Balaban J connectivity index is 2.08. The molecule has 2 aliphatic heterocycles. The van der Waals surface area contributed by atoms with Gasteiger partial charge in [-0.25, -0.2) is 9.48 Å². The van der Waals surface area contributed by atoms with Crippen molar-refractivity contribution in [3.05, 3.63) is 11.5 Å². The number of aliphatic carboxylic acids is 2. The number of β-lactam (4-membered cyclic amide) rings is 1. The van der Waals surface area contributed by atoms with Crippen molar-refractivity contribution in [3.63, 3.8) is 0 Å². The summed E-state index contributed by atoms with van der Waals surface area (Å²) >= 11 is 1.28. The summed E-state index contributed by atoms with van der Waals surface area (Å²) in [5.41, 5.74) is 5.59. The van der Waals surface area contributed by atoms with Gasteiger partial charge in [0.15, 0.2) is 5.82 Å². The highest BCUT2D eigenvalue weighted by molar-refractivity contribution is 8.00. The van der Waals surface area contributed by atoms with Crippen LogP contribution in [0, 0.1) is 0 Å². The number of thioether (sulfide) groups is 1. The van der Waals surface area contributed by atoms with E-state index in [0.717, 1.165) is 9.58 Å². The second-order valence-corrected chi connectivity index (χ2v) is 5.73. The van der Waals surface area contributed by atoms with Gasteiger partial charge in [-0.15, -0.1) is 16.9 Å². The van der Waals surface area contributed by atoms with Crippen LogP contribution < -0.4 is 5.73 Å². The van der Waals surface area contributed by atoms with Gasteiger partial charge in [0.1, 0.15) is 23.7 Å². The van der Waals surface area contributed by atoms with E-state index in [1.807, 2.05) is 0 Å². The second kappa shape index (κ2) is 5.06. The maximum absolute atomic E-state index is 11.8. The van der Waals surface area contributed by atoms with Gasteiger partial charge >= 0.3 is 11.9 Å². The minimum absolute atomic E-state index is 0.0130. The molecule has 1 unspecified atom stereocenters. The molecule has 4 N–H and O–H groups in total. The molecule has 116 valence electrons. The Kier molecular flexibility index (Phi) is 3.33. The first-order valence-electron chi connectivity index (χ1n) is 6.07. The minimum Gasteiger partial charge on any atom is -0.480 e. The highest BCUT2D eigenvalue weighted by atomic mass is 32.2. The number of hydrogen-bond donors (Lipinski definition) is 3. The monoisotopic (exact) mass is 326 g/mol. The number of amides is 1. The lowest BCUT2D eigenvalue weighted by molar-refractivity contribution is -0.147. The Morgan fingerprint density at radius 3 is 2.77 bits per heavy atom. The van der Waals surface area contributed by atoms with Gasteiger partial charge in [-0.2, -0.15) is 0 Å². The molecule has 2 aliphatic rings. The first-order chi connectivity index (χ1) is 10.4. The van der Waals surface area contributed by atoms with Gasteiger partial charge in [0, 0.05) is 11.3 Å². The van der Waals surface area contributed by atoms with Crippen LogP contribution in [0.4, 0.5) is 0 Å². The molecule has 0 bridgehead atoms. The van der Waals surface area contributed by atoms with Gasteiger partial charge in [0.25, 0.3) is 0 Å². The molecular weight excluding hydrogens is 316 g/mol. The number of nitrogens with two attached hydrogens (primary N) is 1. The van der Waals surface area contributed by atoms with Gasteiger partial charge < -0.3 is 15.9 Å². The first-order valence-corrected chi connectivity index (χ1v) is 7.11. The zero-order chi connectivity index (χ0) is 16.0. The van der Waals surface area contributed by atoms with E-state index in [2.05, 4.69) is 15.5 Å². The van der Waals surface area contributed by atoms with Crippen LogP contribution >= 0.6 is 11.8 Å². The number of carbonyl (C=O) groups is 3. The predicted octanol–water partition coefficient (Wildman–Crippen LogP) is -2.20. The van der Waals surface area contributed by atoms with Crippen LogP contribution in [0.1, 0.15) is 5.82 Å². The SMILES string of the molecule is NC1C(=O)N2C(C(=O)O)=C(c3nnnn3CC(=O)O)CS[C@@H]12. The lowest BCUT2D eigenvalue weighted by atomic mass is 10.0. The standard InChI is InChI=1S/C10H10N6O5S/c11-5-8(19)16-6(10(20)21)3(2-22-9(5)16)7-12-13-14-15(7)1-4(17)18/h5,9H,1-2,11H2,(H,17,18)(H,20,21)/t5?,9-/m0/s1. The van der Waals surface area contributed by atoms with E-state index in [0.29, 0.717) is 0 Å². The third kappa shape index (κ3) is 2.03. The zero-order valence-electron chi connectivity index (χ0n) is 10.9. The molecule has 0 radical (unpaired) electrons. The highest BCUT2D eigenvalue weighted by Gasteiger charge is 2.52. The summed E-state index contributed by atoms with van der Waals surface area (Å²) in [6, 6.07) is -0.740. The number of tetrazole rings is 1. The lowest BCUT2D eigenvalue weighted by Crippen LogP contribution is -2.68. The van der Waals surface area contributed by atoms with E-state index < -0.39 is 35.8 Å². The van der Waals surface area contributed by atoms with Crippen LogP contribution in [-0.4, -0.2) is 70.3 Å². The van der Waals surface area contributed by atoms with Crippen LogP contribution in [0.5, 0.6) is 0 Å². The van der Waals surface area contributed by atoms with E-state index in [1.165, 1.54) is 11.8 Å². The number of hydrogen-bond acceptors (Lipinski definition) is 8. The molecule has 0 spiro atoms. The maximum atomic E-state index is 11.8. The van der Waals surface area contributed by atoms with Crippen LogP contribution in [-0.2, 0) is 20.9 Å². The summed E-state index contributed by atoms with van der Waals surface area (Å²) in [7, 11) is 0. The van der Waals surface area contributed by atoms with E-state index in [4.69, 9.17) is 10.8 Å². The Morgan fingerprint density at radius 1 is 1.41 bits per heavy atom. The molecule has 3 heterocycles. The van der Waals surface area contributed by atoms with Crippen LogP contribution in [0.25, 0.3) is 5.57 Å². The molecule has 22 heavy (non-hydrogen) atoms. The fourth-order valence-corrected chi connectivity index (χ4v) is 3.63. The average Bonchev–Trinajstić information content (AvgIpc) is 2.91. The number of fused-ring (bicyclic) bond motifs is 1. The average molecular weight is 326 g/mol. The fourth-order valence-electron chi connectivity index (χ4n) is 2.34. The lowest BCUT2D eigenvalue weighted by Gasteiger charge is -2.47. The van der Waals surface area contributed by atoms with Crippen molar-refractivity contribution in [2.75, 3.05) is 5.75 Å². The number of rotatable bonds is 4. The van der Waals surface area contributed by atoms with E-state index in [-0.39, 0.29) is 22.8 Å². The summed E-state index contributed by atoms with van der Waals surface area (Å²) in [4.78, 5) is 35.3. The molecule has 11 nitrogen and oxygen atoms in total. The Bertz CT molecular complexity index is 714. The van der Waals surface area contributed by atoms with Crippen molar-refractivity contribution < 1.29 is 24.6 Å². The third-order valence-corrected chi connectivity index (χ3v) is 4.60. The number of carbonyl (C=O) groups excluding carboxylic acids is 1. The highest BCUT2D eigenvalue weighted by Crippen LogP contribution is 2.41. The number of carboxylic acid groups (broad SMARTS) is 2. The molecule has 3 rings (SSSR count). The molecule has 1 amide bonds. The molecule has 0 saturated carbocycles. The quantitative estimate of drug-likeness (QED) is 0.517. The van der Waals surface area contributed by atoms with Crippen molar-refractivity contribution >= 4 is 35.2 Å². The third-order valence-electron chi connectivity index (χ3n) is 3.30. The summed E-state index contributed by atoms with van der Waals surface area (Å²) in [5, 5.41) is 28.4. The maximum Gasteiger partial charge on any atom is 0.353 e. The summed E-state index contributed by atoms with van der Waals surface area (Å²) in [5.74, 6) is -2.76. The van der Waals surface area contributed by atoms with E-state index in [1.54, 1.807) is 0 Å². The van der Waals surface area contributed by atoms with Crippen molar-refractivity contribution in [1.29, 1.82) is 0 Å². The van der Waals surface area contributed by atoms with E-state index in [9.17, 15) is 19.5 Å². The van der Waals surface area contributed by atoms with Crippen LogP contribution in [0.3, 0.4) is 0 Å². The Hall–Kier alpha value is -2.47. The van der Waals surface area contributed by atoms with Crippen LogP contribution in [0.15, 0.2) is 5.70 Å². The van der Waals surface area contributed by atoms with Crippen LogP contribution in [0.2, 0.25) is 0 Å². The zero-order valence-corrected chi connectivity index (χ0v) is 11.7. The van der Waals surface area contributed by atoms with Gasteiger partial charge in [-0.3, -0.25) is 14.5 Å². The predicted molar refractivity (Wildman–Crippen MR) is 71.1 cm³/mol. The molecule has 0 aliphatic carbocycles. The first kappa shape index (κ1) is 14.5. The fraction of sp³-hybridized carbons (Fsp3) is 0.400. The number of aromatic nitrogens is 4. The minimum atomic E-state index is -1.31. The van der Waals surface area contributed by atoms with Crippen molar-refractivity contribution in [2.24, 2.45) is 5.73 Å². The number of carboxylic acids is 2. The smallest absolute Gasteiger partial charge is 0.353 e. The molecule has 1 aromatic rings. The Labute approximate surface area is 126 Å². The van der Waals surface area contributed by atoms with Gasteiger partial charge in [-0.05, 0) is 10.4 Å². The molecule has 2 atom stereocenters. The summed E-state index contributed by atoms with van der Waals surface area (Å²) < 4.78 is 0.978. The molecule has 12 heteroatoms. The molecule has 1 fully saturated rings. The van der Waals surface area contributed by atoms with Gasteiger partial charge in [-0.1, -0.05) is 0 Å². The van der Waals surface area contributed by atoms with Crippen molar-refractivity contribution in [2.45, 2.75) is 18.0 Å². The van der Waals surface area contributed by atoms with Crippen molar-refractivity contribution in [1.82, 2.24) is 25.1 Å². The summed E-state index contributed by atoms with van der Waals surface area (Å²) in [6.45, 7) is -0.514. The Morgan fingerprint density at radius 2 is 2.14 bits per heavy atom. The molecule has 0 aromatic carbocycles. The molecular formula is C10H10N6O5S. The molecule has 1 aromatic heterocycles. The number of nitrogens with zero attached hydrogens (tertiary/aromatic N) is 5. The normalized spacial score (nSPS) is 24.0. The van der Waals surface area contributed by atoms with Gasteiger partial charge in [0.05, 0.1) is 0 Å². The second-order valence-electron chi connectivity index (χ2n) is 4.62. The summed E-state index contributed by atoms with van der Waals surface area (Å²) in [6.07, 6.45) is 0. The van der Waals surface area contributed by atoms with Crippen molar-refractivity contribution in [3.8, 4) is 0 Å². The van der Waals surface area contributed by atoms with Gasteiger partial charge in [0.2, 0.25) is 5.91 Å². The topological polar surface area (TPSA) is 165 Å².